The highest BCUT2D eigenvalue weighted by atomic mass is 32.1. The van der Waals surface area contributed by atoms with E-state index < -0.39 is 5.60 Å². The maximum absolute atomic E-state index is 12.1. The molecule has 0 saturated carbocycles. The third kappa shape index (κ3) is 3.03. The molecule has 0 unspecified atom stereocenters. The topological polar surface area (TPSA) is 58.6 Å². The second-order valence-corrected chi connectivity index (χ2v) is 6.86. The molecule has 0 bridgehead atoms. The van der Waals surface area contributed by atoms with Gasteiger partial charge in [0.05, 0.1) is 19.1 Å². The van der Waals surface area contributed by atoms with Gasteiger partial charge >= 0.3 is 0 Å². The van der Waals surface area contributed by atoms with Gasteiger partial charge in [0.15, 0.2) is 0 Å². The first-order chi connectivity index (χ1) is 10.2. The predicted molar refractivity (Wildman–Crippen MR) is 83.6 cm³/mol. The lowest BCUT2D eigenvalue weighted by Crippen LogP contribution is -2.43. The molecule has 4 nitrogen and oxygen atoms in total. The normalized spacial score (nSPS) is 21.1. The van der Waals surface area contributed by atoms with Gasteiger partial charge < -0.3 is 15.2 Å². The highest BCUT2D eigenvalue weighted by Crippen LogP contribution is 2.33. The van der Waals surface area contributed by atoms with E-state index in [1.165, 1.54) is 22.7 Å². The van der Waals surface area contributed by atoms with Crippen LogP contribution in [-0.4, -0.2) is 30.8 Å². The van der Waals surface area contributed by atoms with Crippen molar-refractivity contribution in [3.05, 3.63) is 44.8 Å². The van der Waals surface area contributed by atoms with Crippen molar-refractivity contribution in [1.82, 2.24) is 5.32 Å². The molecule has 1 saturated heterocycles. The summed E-state index contributed by atoms with van der Waals surface area (Å²) in [5.41, 5.74) is -0.346. The molecule has 2 aromatic heterocycles. The molecule has 2 N–H and O–H groups in total. The molecule has 0 aliphatic carbocycles. The van der Waals surface area contributed by atoms with Crippen LogP contribution in [0.2, 0.25) is 0 Å². The van der Waals surface area contributed by atoms with Crippen LogP contribution in [0, 0.1) is 5.92 Å². The molecular weight excluding hydrogens is 306 g/mol. The molecule has 3 heterocycles. The Balaban J connectivity index is 1.76. The molecule has 1 fully saturated rings. The van der Waals surface area contributed by atoms with Crippen molar-refractivity contribution in [2.24, 2.45) is 5.92 Å². The first-order valence-corrected chi connectivity index (χ1v) is 8.67. The Morgan fingerprint density at radius 1 is 1.48 bits per heavy atom. The number of nitrogens with one attached hydrogen (secondary N) is 1. The molecule has 21 heavy (non-hydrogen) atoms. The smallest absolute Gasteiger partial charge is 0.225 e. The third-order valence-electron chi connectivity index (χ3n) is 3.75. The maximum Gasteiger partial charge on any atom is 0.225 e. The Morgan fingerprint density at radius 3 is 3.00 bits per heavy atom. The van der Waals surface area contributed by atoms with Crippen molar-refractivity contribution < 1.29 is 14.6 Å². The Bertz CT molecular complexity index is 540. The Morgan fingerprint density at radius 2 is 2.38 bits per heavy atom. The van der Waals surface area contributed by atoms with Crippen LogP contribution >= 0.6 is 22.7 Å². The standard InChI is InChI=1S/C15H17NO3S2/c17-14(11-3-5-19-8-11)16-10-15(18,12-4-7-20-9-12)13-2-1-6-21-13/h1-2,4,6-7,9,11,18H,3,5,8,10H2,(H,16,17)/t11-,15-/m0/s1. The van der Waals surface area contributed by atoms with Crippen molar-refractivity contribution in [3.8, 4) is 0 Å². The first kappa shape index (κ1) is 14.7. The van der Waals surface area contributed by atoms with Crippen LogP contribution in [-0.2, 0) is 15.1 Å². The summed E-state index contributed by atoms with van der Waals surface area (Å²) >= 11 is 3.03. The molecule has 3 rings (SSSR count). The van der Waals surface area contributed by atoms with Gasteiger partial charge in [0.25, 0.3) is 0 Å². The quantitative estimate of drug-likeness (QED) is 0.887. The van der Waals surface area contributed by atoms with Crippen molar-refractivity contribution in [2.45, 2.75) is 12.0 Å². The summed E-state index contributed by atoms with van der Waals surface area (Å²) in [4.78, 5) is 13.0. The van der Waals surface area contributed by atoms with Gasteiger partial charge in [0.2, 0.25) is 5.91 Å². The summed E-state index contributed by atoms with van der Waals surface area (Å²) < 4.78 is 5.24. The largest absolute Gasteiger partial charge is 0.381 e. The van der Waals surface area contributed by atoms with E-state index in [1.807, 2.05) is 34.3 Å². The number of hydrogen-bond acceptors (Lipinski definition) is 5. The highest BCUT2D eigenvalue weighted by Gasteiger charge is 2.34. The van der Waals surface area contributed by atoms with E-state index in [4.69, 9.17) is 4.74 Å². The second-order valence-electron chi connectivity index (χ2n) is 5.13. The van der Waals surface area contributed by atoms with E-state index in [2.05, 4.69) is 5.32 Å². The number of aliphatic hydroxyl groups is 1. The van der Waals surface area contributed by atoms with Crippen molar-refractivity contribution in [1.29, 1.82) is 0 Å². The zero-order valence-corrected chi connectivity index (χ0v) is 13.1. The number of ether oxygens (including phenoxy) is 1. The van der Waals surface area contributed by atoms with Crippen LogP contribution in [0.3, 0.4) is 0 Å². The molecule has 2 atom stereocenters. The molecule has 1 amide bonds. The summed E-state index contributed by atoms with van der Waals surface area (Å²) in [7, 11) is 0. The van der Waals surface area contributed by atoms with E-state index in [1.54, 1.807) is 0 Å². The minimum atomic E-state index is -1.16. The lowest BCUT2D eigenvalue weighted by Gasteiger charge is -2.27. The fourth-order valence-electron chi connectivity index (χ4n) is 2.45. The summed E-state index contributed by atoms with van der Waals surface area (Å²) in [5.74, 6) is -0.141. The second kappa shape index (κ2) is 6.27. The zero-order valence-electron chi connectivity index (χ0n) is 11.5. The molecule has 2 aromatic rings. The molecule has 6 heteroatoms. The lowest BCUT2D eigenvalue weighted by molar-refractivity contribution is -0.125. The molecule has 112 valence electrons. The number of hydrogen-bond donors (Lipinski definition) is 2. The van der Waals surface area contributed by atoms with Crippen LogP contribution in [0.25, 0.3) is 0 Å². The van der Waals surface area contributed by atoms with E-state index in [9.17, 15) is 9.90 Å². The van der Waals surface area contributed by atoms with E-state index >= 15 is 0 Å². The monoisotopic (exact) mass is 323 g/mol. The van der Waals surface area contributed by atoms with Crippen molar-refractivity contribution in [2.75, 3.05) is 19.8 Å². The van der Waals surface area contributed by atoms with Crippen LogP contribution in [0.5, 0.6) is 0 Å². The summed E-state index contributed by atoms with van der Waals surface area (Å²) in [6, 6.07) is 5.70. The van der Waals surface area contributed by atoms with Crippen LogP contribution in [0.4, 0.5) is 0 Å². The minimum Gasteiger partial charge on any atom is -0.381 e. The Labute approximate surface area is 131 Å². The first-order valence-electron chi connectivity index (χ1n) is 6.84. The molecule has 0 spiro atoms. The Kier molecular flexibility index (Phi) is 4.40. The average molecular weight is 323 g/mol. The fraction of sp³-hybridized carbons (Fsp3) is 0.400. The van der Waals surface area contributed by atoms with Gasteiger partial charge in [0, 0.05) is 17.0 Å². The summed E-state index contributed by atoms with van der Waals surface area (Å²) in [6.07, 6.45) is 0.752. The SMILES string of the molecule is O=C(NC[C@](O)(c1ccsc1)c1cccs1)[C@H]1CCOC1. The minimum absolute atomic E-state index is 0.0438. The molecular formula is C15H17NO3S2. The predicted octanol–water partition coefficient (Wildman–Crippen LogP) is 2.20. The van der Waals surface area contributed by atoms with Gasteiger partial charge in [-0.05, 0) is 34.7 Å². The van der Waals surface area contributed by atoms with Crippen molar-refractivity contribution >= 4 is 28.6 Å². The van der Waals surface area contributed by atoms with Crippen LogP contribution < -0.4 is 5.32 Å². The van der Waals surface area contributed by atoms with Gasteiger partial charge in [-0.1, -0.05) is 6.07 Å². The fourth-order valence-corrected chi connectivity index (χ4v) is 4.02. The molecule has 1 aliphatic heterocycles. The maximum atomic E-state index is 12.1. The number of rotatable bonds is 5. The zero-order chi connectivity index (χ0) is 14.7. The van der Waals surface area contributed by atoms with Crippen LogP contribution in [0.1, 0.15) is 16.9 Å². The third-order valence-corrected chi connectivity index (χ3v) is 5.45. The van der Waals surface area contributed by atoms with E-state index in [0.29, 0.717) is 13.2 Å². The van der Waals surface area contributed by atoms with E-state index in [0.717, 1.165) is 16.9 Å². The Hall–Kier alpha value is -1.21. The number of carbonyl (C=O) groups excluding carboxylic acids is 1. The molecule has 1 aliphatic rings. The number of amides is 1. The summed E-state index contributed by atoms with van der Waals surface area (Å²) in [6.45, 7) is 1.29. The molecule has 0 aromatic carbocycles. The number of thiophene rings is 2. The number of carbonyl (C=O) groups is 1. The van der Waals surface area contributed by atoms with Gasteiger partial charge in [-0.25, -0.2) is 0 Å². The molecule has 0 radical (unpaired) electrons. The van der Waals surface area contributed by atoms with Gasteiger partial charge in [-0.3, -0.25) is 4.79 Å². The average Bonchev–Trinajstić information content (AvgIpc) is 3.27. The van der Waals surface area contributed by atoms with E-state index in [-0.39, 0.29) is 18.4 Å². The van der Waals surface area contributed by atoms with Crippen molar-refractivity contribution in [3.63, 3.8) is 0 Å². The van der Waals surface area contributed by atoms with Crippen LogP contribution in [0.15, 0.2) is 34.3 Å². The summed E-state index contributed by atoms with van der Waals surface area (Å²) in [5, 5.41) is 19.8. The van der Waals surface area contributed by atoms with Gasteiger partial charge in [-0.15, -0.1) is 11.3 Å². The van der Waals surface area contributed by atoms with Gasteiger partial charge in [0.1, 0.15) is 5.60 Å². The van der Waals surface area contributed by atoms with Gasteiger partial charge in [-0.2, -0.15) is 11.3 Å². The highest BCUT2D eigenvalue weighted by molar-refractivity contribution is 7.10. The lowest BCUT2D eigenvalue weighted by atomic mass is 9.94.